The highest BCUT2D eigenvalue weighted by Crippen LogP contribution is 2.33. The van der Waals surface area contributed by atoms with Gasteiger partial charge in [-0.1, -0.05) is 38.2 Å². The molecule has 0 aromatic heterocycles. The Labute approximate surface area is 328 Å². The highest BCUT2D eigenvalue weighted by Gasteiger charge is 2.53. The average molecular weight is 798 g/mol. The second kappa shape index (κ2) is 23.4. The maximum absolute atomic E-state index is 13.2. The van der Waals surface area contributed by atoms with Crippen LogP contribution in [-0.2, 0) is 54.2 Å². The lowest BCUT2D eigenvalue weighted by Crippen LogP contribution is -2.63. The van der Waals surface area contributed by atoms with Gasteiger partial charge in [0.1, 0.15) is 24.1 Å². The number of amides is 3. The lowest BCUT2D eigenvalue weighted by molar-refractivity contribution is -0.279. The van der Waals surface area contributed by atoms with Gasteiger partial charge in [-0.3, -0.25) is 14.4 Å². The number of aliphatic hydroxyl groups excluding tert-OH is 2. The molecule has 2 rings (SSSR count). The molecule has 1 aliphatic rings. The highest BCUT2D eigenvalue weighted by molar-refractivity contribution is 5.92. The summed E-state index contributed by atoms with van der Waals surface area (Å²) in [6.45, 7) is 7.64. The zero-order valence-electron chi connectivity index (χ0n) is 33.7. The van der Waals surface area contributed by atoms with E-state index >= 15 is 0 Å². The van der Waals surface area contributed by atoms with E-state index < -0.39 is 66.4 Å². The van der Waals surface area contributed by atoms with Gasteiger partial charge in [0.15, 0.2) is 18.3 Å². The first kappa shape index (κ1) is 47.5. The molecule has 1 fully saturated rings. The minimum atomic E-state index is -1.80. The molecule has 0 unspecified atom stereocenters. The van der Waals surface area contributed by atoms with Crippen molar-refractivity contribution in [1.29, 1.82) is 0 Å². The van der Waals surface area contributed by atoms with E-state index in [0.29, 0.717) is 12.0 Å². The third-order valence-electron chi connectivity index (χ3n) is 8.33. The van der Waals surface area contributed by atoms with Gasteiger partial charge in [0, 0.05) is 54.1 Å². The van der Waals surface area contributed by atoms with Crippen molar-refractivity contribution in [1.82, 2.24) is 9.80 Å². The van der Waals surface area contributed by atoms with Crippen molar-refractivity contribution in [3.05, 3.63) is 23.8 Å². The zero-order chi connectivity index (χ0) is 42.0. The molecule has 1 aromatic rings. The fourth-order valence-corrected chi connectivity index (χ4v) is 5.43. The highest BCUT2D eigenvalue weighted by atomic mass is 16.7. The summed E-state index contributed by atoms with van der Waals surface area (Å²) in [5.41, 5.74) is -0.132. The van der Waals surface area contributed by atoms with Crippen LogP contribution in [0.4, 0.5) is 15.3 Å². The third-order valence-corrected chi connectivity index (χ3v) is 8.33. The molecule has 1 saturated heterocycles. The number of hydrogen-bond acceptors (Lipinski definition) is 15. The number of unbranched alkanes of at least 4 members (excludes halogenated alkanes) is 6. The molecular weight excluding hydrogens is 738 g/mol. The number of anilines is 1. The largest absolute Gasteiger partial charge is 0.467 e. The van der Waals surface area contributed by atoms with E-state index in [0.717, 1.165) is 59.5 Å². The van der Waals surface area contributed by atoms with Crippen LogP contribution in [0.3, 0.4) is 0 Å². The minimum Gasteiger partial charge on any atom is -0.467 e. The fraction of sp³-hybridized carbons (Fsp3) is 0.684. The number of benzene rings is 1. The molecule has 18 heteroatoms. The first-order valence-corrected chi connectivity index (χ1v) is 18.6. The van der Waals surface area contributed by atoms with Crippen LogP contribution in [0.15, 0.2) is 18.2 Å². The maximum atomic E-state index is 13.2. The van der Waals surface area contributed by atoms with E-state index in [4.69, 9.17) is 38.3 Å². The van der Waals surface area contributed by atoms with Crippen molar-refractivity contribution in [2.75, 3.05) is 46.2 Å². The number of nitrogens with zero attached hydrogens (tertiary/aromatic N) is 2. The number of nitrogens with one attached hydrogen (secondary N) is 1. The Bertz CT molecular complexity index is 1470. The number of likely N-dealkylation sites (N-methyl/N-ethyl adjacent to an activating group) is 2. The topological polar surface area (TPSA) is 226 Å². The molecule has 316 valence electrons. The normalized spacial score (nSPS) is 19.2. The van der Waals surface area contributed by atoms with Gasteiger partial charge in [0.25, 0.3) is 0 Å². The Balaban J connectivity index is 2.28. The summed E-state index contributed by atoms with van der Waals surface area (Å²) in [5, 5.41) is 22.9. The molecule has 0 radical (unpaired) electrons. The second-order valence-electron chi connectivity index (χ2n) is 14.4. The molecular formula is C38H59N3O15. The molecule has 0 aliphatic carbocycles. The van der Waals surface area contributed by atoms with Crippen LogP contribution in [0.2, 0.25) is 0 Å². The van der Waals surface area contributed by atoms with Crippen molar-refractivity contribution in [2.45, 2.75) is 129 Å². The standard InChI is InChI=1S/C38H59N3O15/c1-24(43)52-31-30(46)32(53-25(2)44)35(55-33(31)34(47)50-8)54-28-18-17-26(22-27(28)39-29(45)16-14-12-10-9-11-13-15-21-42)23-51-36(48)40(6)19-20-41(7)37(49)56-38(3,4)5/h17-18,22,30-33,35,42,46H,9-16,19-21,23H2,1-8H3,(H,39,45)/t30-,31-,32+,33-,35+/m0/s1. The van der Waals surface area contributed by atoms with E-state index in [1.807, 2.05) is 0 Å². The van der Waals surface area contributed by atoms with Crippen LogP contribution in [-0.4, -0.2) is 133 Å². The fourth-order valence-electron chi connectivity index (χ4n) is 5.43. The molecule has 0 bridgehead atoms. The molecule has 1 aromatic carbocycles. The predicted molar refractivity (Wildman–Crippen MR) is 199 cm³/mol. The van der Waals surface area contributed by atoms with Crippen LogP contribution in [0.25, 0.3) is 0 Å². The molecule has 0 spiro atoms. The predicted octanol–water partition coefficient (Wildman–Crippen LogP) is 3.67. The maximum Gasteiger partial charge on any atom is 0.410 e. The lowest BCUT2D eigenvalue weighted by Gasteiger charge is -2.41. The van der Waals surface area contributed by atoms with Crippen molar-refractivity contribution >= 4 is 41.7 Å². The number of esters is 3. The minimum absolute atomic E-state index is 0.0245. The number of carbonyl (C=O) groups is 6. The lowest BCUT2D eigenvalue weighted by atomic mass is 9.98. The van der Waals surface area contributed by atoms with Crippen molar-refractivity contribution < 1.29 is 72.1 Å². The SMILES string of the molecule is COC(=O)[C@H]1O[C@@H](Oc2ccc(COC(=O)N(C)CCN(C)C(=O)OC(C)(C)C)cc2NC(=O)CCCCCCCCCO)[C@H](OC(C)=O)[C@@H](O)[C@@H]1OC(C)=O. The summed E-state index contributed by atoms with van der Waals surface area (Å²) >= 11 is 0. The number of ether oxygens (including phenoxy) is 7. The van der Waals surface area contributed by atoms with Gasteiger partial charge in [-0.05, 0) is 51.3 Å². The van der Waals surface area contributed by atoms with Gasteiger partial charge in [0.2, 0.25) is 12.2 Å². The van der Waals surface area contributed by atoms with E-state index in [9.17, 15) is 33.9 Å². The number of methoxy groups -OCH3 is 1. The number of hydrogen-bond donors (Lipinski definition) is 3. The van der Waals surface area contributed by atoms with Crippen molar-refractivity contribution in [3.63, 3.8) is 0 Å². The summed E-state index contributed by atoms with van der Waals surface area (Å²) in [5.74, 6) is -3.09. The Hall–Kier alpha value is -4.68. The Morgan fingerprint density at radius 1 is 0.839 bits per heavy atom. The van der Waals surface area contributed by atoms with Gasteiger partial charge in [-0.15, -0.1) is 0 Å². The molecule has 1 heterocycles. The third kappa shape index (κ3) is 16.6. The Morgan fingerprint density at radius 3 is 1.98 bits per heavy atom. The molecule has 56 heavy (non-hydrogen) atoms. The molecule has 5 atom stereocenters. The first-order valence-electron chi connectivity index (χ1n) is 18.6. The van der Waals surface area contributed by atoms with Gasteiger partial charge < -0.3 is 58.5 Å². The summed E-state index contributed by atoms with van der Waals surface area (Å²) in [4.78, 5) is 77.5. The molecule has 1 aliphatic heterocycles. The van der Waals surface area contributed by atoms with Crippen LogP contribution >= 0.6 is 0 Å². The number of rotatable bonds is 20. The van der Waals surface area contributed by atoms with E-state index in [2.05, 4.69) is 5.32 Å². The quantitative estimate of drug-likeness (QED) is 0.0972. The Morgan fingerprint density at radius 2 is 1.41 bits per heavy atom. The van der Waals surface area contributed by atoms with Crippen LogP contribution in [0, 0.1) is 0 Å². The van der Waals surface area contributed by atoms with Gasteiger partial charge in [-0.2, -0.15) is 0 Å². The van der Waals surface area contributed by atoms with Crippen molar-refractivity contribution in [3.8, 4) is 5.75 Å². The van der Waals surface area contributed by atoms with E-state index in [1.54, 1.807) is 27.8 Å². The smallest absolute Gasteiger partial charge is 0.410 e. The van der Waals surface area contributed by atoms with E-state index in [-0.39, 0.29) is 50.1 Å². The Kier molecular flexibility index (Phi) is 19.8. The zero-order valence-corrected chi connectivity index (χ0v) is 33.7. The molecule has 3 N–H and O–H groups in total. The van der Waals surface area contributed by atoms with Crippen LogP contribution < -0.4 is 10.1 Å². The number of aliphatic hydroxyl groups is 2. The van der Waals surface area contributed by atoms with Gasteiger partial charge in [0.05, 0.1) is 12.8 Å². The molecule has 3 amide bonds. The summed E-state index contributed by atoms with van der Waals surface area (Å²) in [6, 6.07) is 4.46. The monoisotopic (exact) mass is 797 g/mol. The van der Waals surface area contributed by atoms with Crippen molar-refractivity contribution in [2.24, 2.45) is 0 Å². The number of carbonyl (C=O) groups excluding carboxylic acids is 6. The summed E-state index contributed by atoms with van der Waals surface area (Å²) in [7, 11) is 4.12. The molecule has 18 nitrogen and oxygen atoms in total. The second-order valence-corrected chi connectivity index (χ2v) is 14.4. The molecule has 0 saturated carbocycles. The van der Waals surface area contributed by atoms with Gasteiger partial charge in [-0.25, -0.2) is 14.4 Å². The van der Waals surface area contributed by atoms with Crippen LogP contribution in [0.1, 0.15) is 91.5 Å². The van der Waals surface area contributed by atoms with Crippen LogP contribution in [0.5, 0.6) is 5.75 Å². The summed E-state index contributed by atoms with van der Waals surface area (Å²) in [6.07, 6.45) is -3.42. The first-order chi connectivity index (χ1) is 26.4. The van der Waals surface area contributed by atoms with E-state index in [1.165, 1.54) is 35.0 Å². The van der Waals surface area contributed by atoms with Gasteiger partial charge >= 0.3 is 30.1 Å². The summed E-state index contributed by atoms with van der Waals surface area (Å²) < 4.78 is 37.9. The average Bonchev–Trinajstić information content (AvgIpc) is 3.12.